The Bertz CT molecular complexity index is 757. The monoisotopic (exact) mass is 359 g/mol. The van der Waals surface area contributed by atoms with Gasteiger partial charge in [-0.3, -0.25) is 4.79 Å². The van der Waals surface area contributed by atoms with Crippen molar-refractivity contribution in [1.29, 1.82) is 0 Å². The molecule has 0 heterocycles. The fourth-order valence-corrected chi connectivity index (χ4v) is 2.13. The van der Waals surface area contributed by atoms with Gasteiger partial charge in [0.05, 0.1) is 18.8 Å². The van der Waals surface area contributed by atoms with E-state index < -0.39 is 18.5 Å². The molecule has 0 aliphatic carbocycles. The molecular weight excluding hydrogens is 338 g/mol. The summed E-state index contributed by atoms with van der Waals surface area (Å²) in [7, 11) is 0. The summed E-state index contributed by atoms with van der Waals surface area (Å²) in [6, 6.07) is 10.7. The van der Waals surface area contributed by atoms with Gasteiger partial charge in [0.25, 0.3) is 5.91 Å². The van der Waals surface area contributed by atoms with Crippen molar-refractivity contribution in [1.82, 2.24) is 0 Å². The van der Waals surface area contributed by atoms with Gasteiger partial charge >= 0.3 is 5.97 Å². The predicted octanol–water partition coefficient (Wildman–Crippen LogP) is 2.99. The highest BCUT2D eigenvalue weighted by molar-refractivity contribution is 5.95. The zero-order chi connectivity index (χ0) is 18.9. The van der Waals surface area contributed by atoms with Crippen molar-refractivity contribution in [3.63, 3.8) is 0 Å². The number of hydrogen-bond acceptors (Lipinski definition) is 6. The lowest BCUT2D eigenvalue weighted by atomic mass is 10.2. The number of phenols is 1. The Labute approximate surface area is 151 Å². The van der Waals surface area contributed by atoms with Crippen LogP contribution >= 0.6 is 0 Å². The number of aromatic hydroxyl groups is 1. The summed E-state index contributed by atoms with van der Waals surface area (Å²) in [6.07, 6.45) is 0. The molecule has 1 amide bonds. The van der Waals surface area contributed by atoms with Crippen LogP contribution in [0.1, 0.15) is 24.2 Å². The Balaban J connectivity index is 1.95. The second kappa shape index (κ2) is 9.31. The molecule has 0 atom stereocenters. The highest BCUT2D eigenvalue weighted by Gasteiger charge is 2.14. The van der Waals surface area contributed by atoms with Crippen LogP contribution in [0.5, 0.6) is 17.2 Å². The Morgan fingerprint density at radius 3 is 2.27 bits per heavy atom. The largest absolute Gasteiger partial charge is 0.508 e. The SMILES string of the molecule is CCOc1ccc(C(=O)OCC(=O)Nc2ccc(O)cc2)cc1OCC. The third-order valence-electron chi connectivity index (χ3n) is 3.26. The zero-order valence-electron chi connectivity index (χ0n) is 14.7. The maximum atomic E-state index is 12.1. The van der Waals surface area contributed by atoms with E-state index in [0.29, 0.717) is 30.4 Å². The van der Waals surface area contributed by atoms with E-state index in [0.717, 1.165) is 0 Å². The predicted molar refractivity (Wildman–Crippen MR) is 95.8 cm³/mol. The summed E-state index contributed by atoms with van der Waals surface area (Å²) in [5.74, 6) is -0.0572. The lowest BCUT2D eigenvalue weighted by molar-refractivity contribution is -0.119. The number of carbonyl (C=O) groups is 2. The van der Waals surface area contributed by atoms with Gasteiger partial charge in [-0.15, -0.1) is 0 Å². The average molecular weight is 359 g/mol. The molecule has 2 aromatic carbocycles. The number of amides is 1. The van der Waals surface area contributed by atoms with Crippen molar-refractivity contribution in [2.24, 2.45) is 0 Å². The van der Waals surface area contributed by atoms with Gasteiger partial charge < -0.3 is 24.6 Å². The van der Waals surface area contributed by atoms with Gasteiger partial charge in [-0.1, -0.05) is 0 Å². The summed E-state index contributed by atoms with van der Waals surface area (Å²) < 4.78 is 15.9. The smallest absolute Gasteiger partial charge is 0.338 e. The molecule has 0 spiro atoms. The molecule has 7 heteroatoms. The minimum Gasteiger partial charge on any atom is -0.508 e. The van der Waals surface area contributed by atoms with E-state index in [1.54, 1.807) is 12.1 Å². The third kappa shape index (κ3) is 5.41. The highest BCUT2D eigenvalue weighted by Crippen LogP contribution is 2.28. The first kappa shape index (κ1) is 19.1. The molecule has 0 aliphatic rings. The molecule has 2 N–H and O–H groups in total. The van der Waals surface area contributed by atoms with E-state index in [9.17, 15) is 14.7 Å². The van der Waals surface area contributed by atoms with Crippen LogP contribution in [0.4, 0.5) is 5.69 Å². The number of hydrogen-bond donors (Lipinski definition) is 2. The maximum absolute atomic E-state index is 12.1. The molecule has 0 saturated heterocycles. The van der Waals surface area contributed by atoms with E-state index in [1.807, 2.05) is 13.8 Å². The van der Waals surface area contributed by atoms with Gasteiger partial charge in [0.2, 0.25) is 0 Å². The molecule has 0 saturated carbocycles. The van der Waals surface area contributed by atoms with Crippen LogP contribution in [0.15, 0.2) is 42.5 Å². The summed E-state index contributed by atoms with van der Waals surface area (Å²) in [5, 5.41) is 11.8. The van der Waals surface area contributed by atoms with E-state index in [2.05, 4.69) is 5.32 Å². The minimum absolute atomic E-state index is 0.0926. The van der Waals surface area contributed by atoms with E-state index in [-0.39, 0.29) is 11.3 Å². The van der Waals surface area contributed by atoms with Crippen molar-refractivity contribution in [2.75, 3.05) is 25.1 Å². The van der Waals surface area contributed by atoms with Gasteiger partial charge in [0.15, 0.2) is 18.1 Å². The number of phenolic OH excluding ortho intramolecular Hbond substituents is 1. The number of rotatable bonds is 8. The standard InChI is InChI=1S/C19H21NO6/c1-3-24-16-10-5-13(11-17(16)25-4-2)19(23)26-12-18(22)20-14-6-8-15(21)9-7-14/h5-11,21H,3-4,12H2,1-2H3,(H,20,22). The molecule has 2 rings (SSSR count). The van der Waals surface area contributed by atoms with Crippen LogP contribution < -0.4 is 14.8 Å². The van der Waals surface area contributed by atoms with Gasteiger partial charge in [-0.05, 0) is 56.3 Å². The average Bonchev–Trinajstić information content (AvgIpc) is 2.63. The fraction of sp³-hybridized carbons (Fsp3) is 0.263. The van der Waals surface area contributed by atoms with Crippen molar-refractivity contribution < 1.29 is 28.9 Å². The number of esters is 1. The van der Waals surface area contributed by atoms with E-state index >= 15 is 0 Å². The Morgan fingerprint density at radius 1 is 0.962 bits per heavy atom. The first-order chi connectivity index (χ1) is 12.5. The third-order valence-corrected chi connectivity index (χ3v) is 3.26. The van der Waals surface area contributed by atoms with Crippen molar-refractivity contribution in [3.05, 3.63) is 48.0 Å². The summed E-state index contributed by atoms with van der Waals surface area (Å²) in [4.78, 5) is 24.0. The van der Waals surface area contributed by atoms with Gasteiger partial charge in [0, 0.05) is 5.69 Å². The quantitative estimate of drug-likeness (QED) is 0.556. The Kier molecular flexibility index (Phi) is 6.84. The number of ether oxygens (including phenoxy) is 3. The molecule has 2 aromatic rings. The maximum Gasteiger partial charge on any atom is 0.338 e. The fourth-order valence-electron chi connectivity index (χ4n) is 2.13. The van der Waals surface area contributed by atoms with E-state index in [4.69, 9.17) is 14.2 Å². The lowest BCUT2D eigenvalue weighted by Gasteiger charge is -2.12. The van der Waals surface area contributed by atoms with Crippen LogP contribution in [-0.2, 0) is 9.53 Å². The number of carbonyl (C=O) groups excluding carboxylic acids is 2. The minimum atomic E-state index is -0.644. The van der Waals surface area contributed by atoms with Crippen molar-refractivity contribution in [2.45, 2.75) is 13.8 Å². The second-order valence-electron chi connectivity index (χ2n) is 5.20. The Morgan fingerprint density at radius 2 is 1.62 bits per heavy atom. The van der Waals surface area contributed by atoms with Crippen molar-refractivity contribution >= 4 is 17.6 Å². The molecule has 0 radical (unpaired) electrons. The summed E-state index contributed by atoms with van der Waals surface area (Å²) in [5.41, 5.74) is 0.748. The van der Waals surface area contributed by atoms with Crippen LogP contribution in [0, 0.1) is 0 Å². The normalized spacial score (nSPS) is 10.1. The molecule has 0 aliphatic heterocycles. The van der Waals surface area contributed by atoms with Crippen LogP contribution in [0.25, 0.3) is 0 Å². The zero-order valence-corrected chi connectivity index (χ0v) is 14.7. The van der Waals surface area contributed by atoms with Gasteiger partial charge in [-0.25, -0.2) is 4.79 Å². The summed E-state index contributed by atoms with van der Waals surface area (Å²) >= 11 is 0. The molecule has 0 bridgehead atoms. The molecule has 0 aromatic heterocycles. The highest BCUT2D eigenvalue weighted by atomic mass is 16.5. The van der Waals surface area contributed by atoms with Crippen molar-refractivity contribution in [3.8, 4) is 17.2 Å². The molecule has 0 unspecified atom stereocenters. The topological polar surface area (TPSA) is 94.1 Å². The lowest BCUT2D eigenvalue weighted by Crippen LogP contribution is -2.20. The van der Waals surface area contributed by atoms with Crippen LogP contribution in [0.3, 0.4) is 0 Å². The van der Waals surface area contributed by atoms with Crippen LogP contribution in [-0.4, -0.2) is 36.8 Å². The second-order valence-corrected chi connectivity index (χ2v) is 5.20. The molecule has 0 fully saturated rings. The first-order valence-electron chi connectivity index (χ1n) is 8.19. The number of nitrogens with one attached hydrogen (secondary N) is 1. The molecule has 26 heavy (non-hydrogen) atoms. The van der Waals surface area contributed by atoms with Gasteiger partial charge in [0.1, 0.15) is 5.75 Å². The Hall–Kier alpha value is -3.22. The van der Waals surface area contributed by atoms with Gasteiger partial charge in [-0.2, -0.15) is 0 Å². The van der Waals surface area contributed by atoms with E-state index in [1.165, 1.54) is 30.3 Å². The molecule has 138 valence electrons. The number of anilines is 1. The number of benzene rings is 2. The molecular formula is C19H21NO6. The first-order valence-corrected chi connectivity index (χ1v) is 8.19. The van der Waals surface area contributed by atoms with Crippen LogP contribution in [0.2, 0.25) is 0 Å². The molecule has 7 nitrogen and oxygen atoms in total. The summed E-state index contributed by atoms with van der Waals surface area (Å²) in [6.45, 7) is 4.14.